The van der Waals surface area contributed by atoms with Crippen LogP contribution in [0.3, 0.4) is 0 Å². The first kappa shape index (κ1) is 22.0. The lowest BCUT2D eigenvalue weighted by Gasteiger charge is -2.13. The Balaban J connectivity index is 1.42. The van der Waals surface area contributed by atoms with Gasteiger partial charge < -0.3 is 0 Å². The highest BCUT2D eigenvalue weighted by atomic mass is 79.9. The predicted molar refractivity (Wildman–Crippen MR) is 129 cm³/mol. The fourth-order valence-electron chi connectivity index (χ4n) is 3.97. The van der Waals surface area contributed by atoms with E-state index >= 15 is 0 Å². The number of ketones is 1. The Kier molecular flexibility index (Phi) is 5.66. The number of pyridine rings is 1. The van der Waals surface area contributed by atoms with Crippen LogP contribution in [-0.2, 0) is 27.7 Å². The molecule has 168 valence electrons. The molecule has 2 aliphatic carbocycles. The molecule has 8 heteroatoms. The van der Waals surface area contributed by atoms with Crippen LogP contribution in [0, 0.1) is 11.7 Å². The predicted octanol–water partition coefficient (Wildman–Crippen LogP) is 5.54. The highest BCUT2D eigenvalue weighted by Gasteiger charge is 2.30. The lowest BCUT2D eigenvalue weighted by atomic mass is 9.97. The number of fused-ring (bicyclic) bond motifs is 1. The zero-order valence-electron chi connectivity index (χ0n) is 17.5. The van der Waals surface area contributed by atoms with Crippen molar-refractivity contribution in [3.05, 3.63) is 81.8 Å². The van der Waals surface area contributed by atoms with Gasteiger partial charge in [0, 0.05) is 40.2 Å². The Hall–Kier alpha value is -2.84. The summed E-state index contributed by atoms with van der Waals surface area (Å²) in [5.74, 6) is -0.408. The van der Waals surface area contributed by atoms with Gasteiger partial charge in [-0.05, 0) is 60.4 Å². The van der Waals surface area contributed by atoms with Crippen LogP contribution < -0.4 is 4.72 Å². The fraction of sp³-hybridized carbons (Fsp3) is 0.200. The number of carbonyl (C=O) groups is 1. The summed E-state index contributed by atoms with van der Waals surface area (Å²) < 4.78 is 42.3. The lowest BCUT2D eigenvalue weighted by molar-refractivity contribution is -0.119. The molecule has 1 heterocycles. The van der Waals surface area contributed by atoms with Crippen molar-refractivity contribution in [3.63, 3.8) is 0 Å². The molecular formula is C25H20BrFN2O3S. The molecular weight excluding hydrogens is 507 g/mol. The van der Waals surface area contributed by atoms with Gasteiger partial charge in [-0.2, -0.15) is 0 Å². The Morgan fingerprint density at radius 2 is 1.88 bits per heavy atom. The molecule has 1 saturated carbocycles. The molecule has 2 aliphatic rings. The summed E-state index contributed by atoms with van der Waals surface area (Å²) in [5, 5.41) is 0. The summed E-state index contributed by atoms with van der Waals surface area (Å²) in [7, 11) is -4.07. The number of carbonyl (C=O) groups excluding carboxylic acids is 1. The maximum atomic E-state index is 14.2. The van der Waals surface area contributed by atoms with E-state index in [1.54, 1.807) is 12.1 Å². The summed E-state index contributed by atoms with van der Waals surface area (Å²) in [6, 6.07) is 12.7. The minimum absolute atomic E-state index is 0.185. The highest BCUT2D eigenvalue weighted by Crippen LogP contribution is 2.34. The number of allylic oxidation sites excluding steroid dienone is 1. The number of Topliss-reactive ketones (excluding diaryl/α,β-unsaturated/α-hetero) is 1. The Morgan fingerprint density at radius 1 is 1.12 bits per heavy atom. The van der Waals surface area contributed by atoms with Crippen LogP contribution in [0.2, 0.25) is 0 Å². The van der Waals surface area contributed by atoms with Crippen LogP contribution >= 0.6 is 15.9 Å². The second-order valence-electron chi connectivity index (χ2n) is 8.30. The van der Waals surface area contributed by atoms with E-state index in [1.807, 2.05) is 30.4 Å². The zero-order valence-corrected chi connectivity index (χ0v) is 19.9. The minimum atomic E-state index is -4.07. The molecule has 5 rings (SSSR count). The molecule has 2 aromatic carbocycles. The maximum Gasteiger partial charge on any atom is 0.264 e. The number of anilines is 1. The first-order valence-corrected chi connectivity index (χ1v) is 12.9. The number of hydrogen-bond donors (Lipinski definition) is 1. The van der Waals surface area contributed by atoms with Gasteiger partial charge in [0.15, 0.2) is 0 Å². The zero-order chi connectivity index (χ0) is 23.2. The molecule has 1 N–H and O–H groups in total. The molecule has 0 saturated heterocycles. The Labute approximate surface area is 199 Å². The average Bonchev–Trinajstić information content (AvgIpc) is 3.51. The summed E-state index contributed by atoms with van der Waals surface area (Å²) in [5.41, 5.74) is 4.90. The molecule has 0 spiro atoms. The van der Waals surface area contributed by atoms with Crippen molar-refractivity contribution in [2.45, 2.75) is 30.6 Å². The average molecular weight is 527 g/mol. The summed E-state index contributed by atoms with van der Waals surface area (Å²) in [6.45, 7) is 0. The topological polar surface area (TPSA) is 76.1 Å². The Bertz CT molecular complexity index is 1400. The third-order valence-corrected chi connectivity index (χ3v) is 7.71. The normalized spacial score (nSPS) is 14.8. The van der Waals surface area contributed by atoms with Gasteiger partial charge in [-0.25, -0.2) is 12.8 Å². The number of sulfonamides is 1. The van der Waals surface area contributed by atoms with Crippen LogP contribution in [-0.4, -0.2) is 19.2 Å². The quantitative estimate of drug-likeness (QED) is 0.438. The molecule has 0 atom stereocenters. The van der Waals surface area contributed by atoms with E-state index in [2.05, 4.69) is 25.6 Å². The minimum Gasteiger partial charge on any atom is -0.299 e. The number of benzene rings is 2. The van der Waals surface area contributed by atoms with Crippen molar-refractivity contribution in [2.24, 2.45) is 5.92 Å². The van der Waals surface area contributed by atoms with Gasteiger partial charge in [-0.15, -0.1) is 0 Å². The molecule has 1 aromatic heterocycles. The van der Waals surface area contributed by atoms with E-state index in [4.69, 9.17) is 0 Å². The summed E-state index contributed by atoms with van der Waals surface area (Å²) in [4.78, 5) is 16.6. The largest absolute Gasteiger partial charge is 0.299 e. The van der Waals surface area contributed by atoms with E-state index < -0.39 is 20.7 Å². The third kappa shape index (κ3) is 4.63. The van der Waals surface area contributed by atoms with Crippen LogP contribution in [0.5, 0.6) is 0 Å². The van der Waals surface area contributed by atoms with E-state index in [0.717, 1.165) is 53.4 Å². The van der Waals surface area contributed by atoms with Crippen molar-refractivity contribution >= 4 is 43.5 Å². The lowest BCUT2D eigenvalue weighted by Crippen LogP contribution is -2.14. The van der Waals surface area contributed by atoms with Crippen molar-refractivity contribution in [2.75, 3.05) is 4.72 Å². The smallest absolute Gasteiger partial charge is 0.264 e. The van der Waals surface area contributed by atoms with E-state index in [1.165, 1.54) is 12.1 Å². The van der Waals surface area contributed by atoms with Gasteiger partial charge in [-0.1, -0.05) is 40.2 Å². The number of nitrogens with one attached hydrogen (secondary N) is 1. The van der Waals surface area contributed by atoms with Gasteiger partial charge in [0.25, 0.3) is 10.0 Å². The molecule has 0 unspecified atom stereocenters. The van der Waals surface area contributed by atoms with Gasteiger partial charge >= 0.3 is 0 Å². The van der Waals surface area contributed by atoms with E-state index in [0.29, 0.717) is 16.6 Å². The Morgan fingerprint density at radius 3 is 2.58 bits per heavy atom. The second kappa shape index (κ2) is 8.50. The molecule has 0 bridgehead atoms. The first-order chi connectivity index (χ1) is 15.8. The summed E-state index contributed by atoms with van der Waals surface area (Å²) >= 11 is 3.13. The van der Waals surface area contributed by atoms with Crippen molar-refractivity contribution in [3.8, 4) is 11.1 Å². The monoisotopic (exact) mass is 526 g/mol. The van der Waals surface area contributed by atoms with Gasteiger partial charge in [0.2, 0.25) is 0 Å². The maximum absolute atomic E-state index is 14.2. The molecule has 0 amide bonds. The first-order valence-electron chi connectivity index (χ1n) is 10.6. The number of hydrogen-bond acceptors (Lipinski definition) is 4. The van der Waals surface area contributed by atoms with Crippen LogP contribution in [0.25, 0.3) is 17.2 Å². The molecule has 0 radical (unpaired) electrons. The van der Waals surface area contributed by atoms with E-state index in [9.17, 15) is 17.6 Å². The van der Waals surface area contributed by atoms with Crippen molar-refractivity contribution in [1.29, 1.82) is 0 Å². The third-order valence-electron chi connectivity index (χ3n) is 5.81. The molecule has 0 aliphatic heterocycles. The van der Waals surface area contributed by atoms with Gasteiger partial charge in [0.05, 0.1) is 5.69 Å². The van der Waals surface area contributed by atoms with Gasteiger partial charge in [0.1, 0.15) is 16.5 Å². The number of rotatable bonds is 7. The number of aromatic nitrogens is 1. The fourth-order valence-corrected chi connectivity index (χ4v) is 5.43. The van der Waals surface area contributed by atoms with E-state index in [-0.39, 0.29) is 11.7 Å². The van der Waals surface area contributed by atoms with Crippen molar-refractivity contribution < 1.29 is 17.6 Å². The standard InChI is InChI=1S/C25H20BrFN2O3S/c26-17-8-11-25(22(27)12-17)33(31,32)29-18-9-6-15(7-10-18)21-13-19(14-24(30)16-4-5-16)28-23-3-1-2-20(21)23/h1-2,6-13,16,29H,3-5,14H2. The van der Waals surface area contributed by atoms with Crippen LogP contribution in [0.4, 0.5) is 10.1 Å². The molecule has 33 heavy (non-hydrogen) atoms. The van der Waals surface area contributed by atoms with Crippen LogP contribution in [0.1, 0.15) is 29.8 Å². The summed E-state index contributed by atoms with van der Waals surface area (Å²) in [6.07, 6.45) is 7.07. The number of halogens is 2. The second-order valence-corrected chi connectivity index (χ2v) is 10.9. The highest BCUT2D eigenvalue weighted by molar-refractivity contribution is 9.10. The number of nitrogens with zero attached hydrogens (tertiary/aromatic N) is 1. The molecule has 1 fully saturated rings. The molecule has 5 nitrogen and oxygen atoms in total. The SMILES string of the molecule is O=C(Cc1cc(-c2ccc(NS(=O)(=O)c3ccc(Br)cc3F)cc2)c2c(n1)CC=C2)C1CC1. The van der Waals surface area contributed by atoms with Crippen LogP contribution in [0.15, 0.2) is 64.0 Å². The van der Waals surface area contributed by atoms with Gasteiger partial charge in [-0.3, -0.25) is 14.5 Å². The molecule has 3 aromatic rings. The van der Waals surface area contributed by atoms with Crippen molar-refractivity contribution in [1.82, 2.24) is 4.98 Å².